The summed E-state index contributed by atoms with van der Waals surface area (Å²) in [7, 11) is 1.37. The summed E-state index contributed by atoms with van der Waals surface area (Å²) in [6.07, 6.45) is -2.36. The minimum absolute atomic E-state index is 0.343. The van der Waals surface area contributed by atoms with Crippen LogP contribution in [0.1, 0.15) is 6.23 Å². The zero-order valence-corrected chi connectivity index (χ0v) is 9.65. The monoisotopic (exact) mass is 258 g/mol. The number of aromatic nitrogens is 2. The Morgan fingerprint density at radius 2 is 2.28 bits per heavy atom. The maximum absolute atomic E-state index is 11.6. The fourth-order valence-electron chi connectivity index (χ4n) is 2.02. The van der Waals surface area contributed by atoms with E-state index in [0.29, 0.717) is 0 Å². The van der Waals surface area contributed by atoms with Gasteiger partial charge in [-0.15, -0.1) is 0 Å². The molecule has 100 valence electrons. The number of methoxy groups -OCH3 is 1. The molecule has 2 heterocycles. The van der Waals surface area contributed by atoms with Gasteiger partial charge < -0.3 is 19.7 Å². The summed E-state index contributed by atoms with van der Waals surface area (Å²) in [5.41, 5.74) is -1.23. The normalized spacial score (nSPS) is 31.7. The molecule has 0 radical (unpaired) electrons. The zero-order chi connectivity index (χ0) is 13.3. The van der Waals surface area contributed by atoms with Crippen molar-refractivity contribution in [3.8, 4) is 0 Å². The zero-order valence-electron chi connectivity index (χ0n) is 9.65. The molecule has 2 rings (SSSR count). The van der Waals surface area contributed by atoms with E-state index in [9.17, 15) is 14.7 Å². The van der Waals surface area contributed by atoms with Crippen LogP contribution >= 0.6 is 0 Å². The molecule has 1 aliphatic rings. The van der Waals surface area contributed by atoms with Gasteiger partial charge in [-0.05, 0) is 0 Å². The van der Waals surface area contributed by atoms with Crippen LogP contribution in [0.5, 0.6) is 0 Å². The van der Waals surface area contributed by atoms with Crippen LogP contribution in [0.15, 0.2) is 21.9 Å². The van der Waals surface area contributed by atoms with Gasteiger partial charge in [-0.2, -0.15) is 0 Å². The van der Waals surface area contributed by atoms with E-state index in [1.54, 1.807) is 0 Å². The van der Waals surface area contributed by atoms with E-state index in [1.165, 1.54) is 13.3 Å². The summed E-state index contributed by atoms with van der Waals surface area (Å²) in [6.45, 7) is -0.343. The molecule has 0 aliphatic carbocycles. The number of hydrogen-bond acceptors (Lipinski definition) is 6. The van der Waals surface area contributed by atoms with E-state index in [0.717, 1.165) is 10.6 Å². The highest BCUT2D eigenvalue weighted by molar-refractivity contribution is 4.93. The van der Waals surface area contributed by atoms with Gasteiger partial charge in [0, 0.05) is 19.4 Å². The molecule has 1 saturated heterocycles. The first-order chi connectivity index (χ1) is 8.58. The third-order valence-corrected chi connectivity index (χ3v) is 2.89. The molecular formula is C10H14N2O6. The van der Waals surface area contributed by atoms with Gasteiger partial charge in [0.05, 0.1) is 6.61 Å². The molecule has 0 bridgehead atoms. The molecule has 0 spiro atoms. The summed E-state index contributed by atoms with van der Waals surface area (Å²) in [5, 5.41) is 19.1. The second kappa shape index (κ2) is 5.02. The molecule has 0 aromatic carbocycles. The number of hydrogen-bond donors (Lipinski definition) is 3. The van der Waals surface area contributed by atoms with Crippen molar-refractivity contribution in [2.75, 3.05) is 13.7 Å². The predicted molar refractivity (Wildman–Crippen MR) is 59.1 cm³/mol. The van der Waals surface area contributed by atoms with E-state index >= 15 is 0 Å². The fourth-order valence-corrected chi connectivity index (χ4v) is 2.02. The SMILES string of the molecule is COC1C(O)[C@H](n2ccc(=O)[nH]c2=O)O[C@@H]1CO. The number of ether oxygens (including phenoxy) is 2. The van der Waals surface area contributed by atoms with Gasteiger partial charge in [0.1, 0.15) is 18.3 Å². The first-order valence-corrected chi connectivity index (χ1v) is 5.37. The topological polar surface area (TPSA) is 114 Å². The second-order valence-corrected chi connectivity index (χ2v) is 3.96. The fraction of sp³-hybridized carbons (Fsp3) is 0.600. The highest BCUT2D eigenvalue weighted by Crippen LogP contribution is 2.29. The Bertz CT molecular complexity index is 524. The molecule has 1 aliphatic heterocycles. The van der Waals surface area contributed by atoms with E-state index < -0.39 is 35.8 Å². The molecule has 18 heavy (non-hydrogen) atoms. The van der Waals surface area contributed by atoms with Gasteiger partial charge in [0.25, 0.3) is 5.56 Å². The highest BCUT2D eigenvalue weighted by Gasteiger charge is 2.44. The Kier molecular flexibility index (Phi) is 3.62. The van der Waals surface area contributed by atoms with Crippen molar-refractivity contribution >= 4 is 0 Å². The molecule has 8 nitrogen and oxygen atoms in total. The van der Waals surface area contributed by atoms with Crippen LogP contribution in [-0.2, 0) is 9.47 Å². The number of aromatic amines is 1. The van der Waals surface area contributed by atoms with Crippen LogP contribution in [0.4, 0.5) is 0 Å². The Morgan fingerprint density at radius 1 is 1.56 bits per heavy atom. The maximum Gasteiger partial charge on any atom is 0.330 e. The predicted octanol–water partition coefficient (Wildman–Crippen LogP) is -2.20. The Hall–Kier alpha value is -1.48. The van der Waals surface area contributed by atoms with Crippen LogP contribution < -0.4 is 11.2 Å². The first kappa shape index (κ1) is 13.0. The van der Waals surface area contributed by atoms with Crippen LogP contribution in [0.3, 0.4) is 0 Å². The number of H-pyrrole nitrogens is 1. The molecule has 1 aromatic rings. The van der Waals surface area contributed by atoms with Gasteiger partial charge in [-0.25, -0.2) is 4.79 Å². The smallest absolute Gasteiger partial charge is 0.330 e. The lowest BCUT2D eigenvalue weighted by atomic mass is 10.1. The van der Waals surface area contributed by atoms with E-state index in [2.05, 4.69) is 4.98 Å². The van der Waals surface area contributed by atoms with Crippen LogP contribution in [0.2, 0.25) is 0 Å². The van der Waals surface area contributed by atoms with Crippen molar-refractivity contribution in [1.82, 2.24) is 9.55 Å². The van der Waals surface area contributed by atoms with Gasteiger partial charge in [-0.3, -0.25) is 14.3 Å². The minimum Gasteiger partial charge on any atom is -0.394 e. The molecule has 4 atom stereocenters. The number of rotatable bonds is 3. The molecular weight excluding hydrogens is 244 g/mol. The summed E-state index contributed by atoms with van der Waals surface area (Å²) in [4.78, 5) is 24.6. The lowest BCUT2D eigenvalue weighted by Crippen LogP contribution is -2.38. The first-order valence-electron chi connectivity index (χ1n) is 5.37. The quantitative estimate of drug-likeness (QED) is 0.567. The van der Waals surface area contributed by atoms with E-state index in [1.807, 2.05) is 0 Å². The van der Waals surface area contributed by atoms with Gasteiger partial charge >= 0.3 is 5.69 Å². The second-order valence-electron chi connectivity index (χ2n) is 3.96. The van der Waals surface area contributed by atoms with Crippen molar-refractivity contribution < 1.29 is 19.7 Å². The van der Waals surface area contributed by atoms with E-state index in [-0.39, 0.29) is 6.61 Å². The van der Waals surface area contributed by atoms with Crippen molar-refractivity contribution in [1.29, 1.82) is 0 Å². The van der Waals surface area contributed by atoms with Gasteiger partial charge in [-0.1, -0.05) is 0 Å². The molecule has 0 amide bonds. The Labute approximate surface area is 101 Å². The number of aliphatic hydroxyl groups excluding tert-OH is 2. The number of aliphatic hydroxyl groups is 2. The van der Waals surface area contributed by atoms with Crippen molar-refractivity contribution in [3.05, 3.63) is 33.1 Å². The van der Waals surface area contributed by atoms with Crippen molar-refractivity contribution in [2.45, 2.75) is 24.5 Å². The third kappa shape index (κ3) is 2.10. The Morgan fingerprint density at radius 3 is 2.78 bits per heavy atom. The summed E-state index contributed by atoms with van der Waals surface area (Å²) < 4.78 is 11.4. The average Bonchev–Trinajstić information content (AvgIpc) is 2.66. The van der Waals surface area contributed by atoms with Gasteiger partial charge in [0.15, 0.2) is 6.23 Å². The molecule has 1 aromatic heterocycles. The molecule has 0 saturated carbocycles. The Balaban J connectivity index is 2.34. The highest BCUT2D eigenvalue weighted by atomic mass is 16.6. The molecule has 3 N–H and O–H groups in total. The van der Waals surface area contributed by atoms with E-state index in [4.69, 9.17) is 14.6 Å². The molecule has 2 unspecified atom stereocenters. The number of nitrogens with zero attached hydrogens (tertiary/aromatic N) is 1. The summed E-state index contributed by atoms with van der Waals surface area (Å²) >= 11 is 0. The molecule has 8 heteroatoms. The summed E-state index contributed by atoms with van der Waals surface area (Å²) in [5.74, 6) is 0. The van der Waals surface area contributed by atoms with Crippen LogP contribution in [0, 0.1) is 0 Å². The minimum atomic E-state index is -1.12. The molecule has 1 fully saturated rings. The lowest BCUT2D eigenvalue weighted by Gasteiger charge is -2.17. The van der Waals surface area contributed by atoms with Crippen molar-refractivity contribution in [2.24, 2.45) is 0 Å². The summed E-state index contributed by atoms with van der Waals surface area (Å²) in [6, 6.07) is 1.14. The van der Waals surface area contributed by atoms with Crippen LogP contribution in [-0.4, -0.2) is 51.8 Å². The maximum atomic E-state index is 11.6. The van der Waals surface area contributed by atoms with Crippen LogP contribution in [0.25, 0.3) is 0 Å². The largest absolute Gasteiger partial charge is 0.394 e. The standard InChI is InChI=1S/C10H14N2O6/c1-17-8-5(4-13)18-9(7(8)15)12-3-2-6(14)11-10(12)16/h2-3,5,7-9,13,15H,4H2,1H3,(H,11,14,16)/t5-,7?,8?,9-/m1/s1. The third-order valence-electron chi connectivity index (χ3n) is 2.89. The average molecular weight is 258 g/mol. The van der Waals surface area contributed by atoms with Gasteiger partial charge in [0.2, 0.25) is 0 Å². The lowest BCUT2D eigenvalue weighted by molar-refractivity contribution is -0.0569. The number of nitrogens with one attached hydrogen (secondary N) is 1. The van der Waals surface area contributed by atoms with Crippen molar-refractivity contribution in [3.63, 3.8) is 0 Å².